The lowest BCUT2D eigenvalue weighted by Gasteiger charge is -2.07. The van der Waals surface area contributed by atoms with Gasteiger partial charge in [-0.25, -0.2) is 0 Å². The minimum absolute atomic E-state index is 0.0649. The lowest BCUT2D eigenvalue weighted by atomic mass is 10.3. The Bertz CT molecular complexity index is 636. The first kappa shape index (κ1) is 15.5. The van der Waals surface area contributed by atoms with Crippen LogP contribution in [0.4, 0.5) is 11.4 Å². The number of rotatable bonds is 4. The summed E-state index contributed by atoms with van der Waals surface area (Å²) in [5.74, 6) is 0.236. The SMILES string of the molecule is Nc1ccc(SCC(=O)Nc2cccc(I)c2)c(Cl)c1. The Hall–Kier alpha value is -0.920. The molecule has 0 fully saturated rings. The molecule has 6 heteroatoms. The molecule has 3 nitrogen and oxygen atoms in total. The predicted octanol–water partition coefficient (Wildman–Crippen LogP) is 4.26. The summed E-state index contributed by atoms with van der Waals surface area (Å²) in [4.78, 5) is 12.7. The Kier molecular flexibility index (Phi) is 5.56. The summed E-state index contributed by atoms with van der Waals surface area (Å²) in [6.07, 6.45) is 0. The van der Waals surface area contributed by atoms with E-state index < -0.39 is 0 Å². The van der Waals surface area contributed by atoms with Crippen LogP contribution in [0.5, 0.6) is 0 Å². The second-order valence-electron chi connectivity index (χ2n) is 4.04. The summed E-state index contributed by atoms with van der Waals surface area (Å²) in [7, 11) is 0. The number of halogens is 2. The number of benzene rings is 2. The third-order valence-corrected chi connectivity index (χ3v) is 4.59. The summed E-state index contributed by atoms with van der Waals surface area (Å²) in [5, 5.41) is 3.42. The van der Waals surface area contributed by atoms with Crippen molar-refractivity contribution in [1.29, 1.82) is 0 Å². The standard InChI is InChI=1S/C14H12ClIN2OS/c15-12-7-10(17)4-5-13(12)20-8-14(19)18-11-3-1-2-9(16)6-11/h1-7H,8,17H2,(H,18,19). The highest BCUT2D eigenvalue weighted by Gasteiger charge is 2.07. The molecule has 104 valence electrons. The first-order valence-electron chi connectivity index (χ1n) is 5.78. The van der Waals surface area contributed by atoms with E-state index in [2.05, 4.69) is 27.9 Å². The molecule has 2 aromatic carbocycles. The molecule has 0 radical (unpaired) electrons. The summed E-state index contributed by atoms with van der Waals surface area (Å²) < 4.78 is 1.08. The molecule has 0 unspecified atom stereocenters. The molecule has 3 N–H and O–H groups in total. The van der Waals surface area contributed by atoms with Crippen LogP contribution in [0.2, 0.25) is 5.02 Å². The Morgan fingerprint density at radius 3 is 2.80 bits per heavy atom. The van der Waals surface area contributed by atoms with Gasteiger partial charge in [0.1, 0.15) is 0 Å². The molecule has 0 atom stereocenters. The zero-order chi connectivity index (χ0) is 14.5. The minimum Gasteiger partial charge on any atom is -0.399 e. The molecular formula is C14H12ClIN2OS. The number of carbonyl (C=O) groups excluding carboxylic acids is 1. The number of hydrogen-bond acceptors (Lipinski definition) is 3. The zero-order valence-corrected chi connectivity index (χ0v) is 14.1. The average molecular weight is 419 g/mol. The Morgan fingerprint density at radius 1 is 1.30 bits per heavy atom. The van der Waals surface area contributed by atoms with E-state index in [9.17, 15) is 4.79 Å². The van der Waals surface area contributed by atoms with Gasteiger partial charge in [-0.2, -0.15) is 0 Å². The van der Waals surface area contributed by atoms with Crippen molar-refractivity contribution < 1.29 is 4.79 Å². The van der Waals surface area contributed by atoms with E-state index in [1.807, 2.05) is 30.3 Å². The van der Waals surface area contributed by atoms with Gasteiger partial charge in [-0.15, -0.1) is 11.8 Å². The third-order valence-electron chi connectivity index (χ3n) is 2.42. The van der Waals surface area contributed by atoms with Crippen molar-refractivity contribution in [3.05, 3.63) is 51.1 Å². The molecule has 0 aromatic heterocycles. The normalized spacial score (nSPS) is 10.3. The number of hydrogen-bond donors (Lipinski definition) is 2. The lowest BCUT2D eigenvalue weighted by molar-refractivity contribution is -0.113. The quantitative estimate of drug-likeness (QED) is 0.443. The smallest absolute Gasteiger partial charge is 0.234 e. The van der Waals surface area contributed by atoms with Gasteiger partial charge in [0.15, 0.2) is 0 Å². The van der Waals surface area contributed by atoms with Crippen LogP contribution in [0.25, 0.3) is 0 Å². The van der Waals surface area contributed by atoms with Crippen LogP contribution in [-0.4, -0.2) is 11.7 Å². The maximum absolute atomic E-state index is 11.9. The summed E-state index contributed by atoms with van der Waals surface area (Å²) in [6, 6.07) is 12.9. The second-order valence-corrected chi connectivity index (χ2v) is 6.71. The first-order valence-corrected chi connectivity index (χ1v) is 8.22. The maximum atomic E-state index is 11.9. The largest absolute Gasteiger partial charge is 0.399 e. The van der Waals surface area contributed by atoms with Crippen LogP contribution < -0.4 is 11.1 Å². The number of nitrogen functional groups attached to an aromatic ring is 1. The molecule has 1 amide bonds. The van der Waals surface area contributed by atoms with Gasteiger partial charge < -0.3 is 11.1 Å². The second kappa shape index (κ2) is 7.19. The van der Waals surface area contributed by atoms with Gasteiger partial charge in [0.05, 0.1) is 10.8 Å². The summed E-state index contributed by atoms with van der Waals surface area (Å²) in [6.45, 7) is 0. The number of anilines is 2. The minimum atomic E-state index is -0.0649. The molecule has 2 rings (SSSR count). The van der Waals surface area contributed by atoms with Gasteiger partial charge in [0, 0.05) is 19.8 Å². The van der Waals surface area contributed by atoms with Crippen LogP contribution in [0, 0.1) is 3.57 Å². The molecule has 20 heavy (non-hydrogen) atoms. The molecule has 0 spiro atoms. The van der Waals surface area contributed by atoms with Gasteiger partial charge in [-0.05, 0) is 59.0 Å². The monoisotopic (exact) mass is 418 g/mol. The number of amides is 1. The third kappa shape index (κ3) is 4.57. The highest BCUT2D eigenvalue weighted by molar-refractivity contribution is 14.1. The molecule has 0 aliphatic heterocycles. The van der Waals surface area contributed by atoms with Gasteiger partial charge in [0.25, 0.3) is 0 Å². The van der Waals surface area contributed by atoms with Gasteiger partial charge in [-0.1, -0.05) is 17.7 Å². The average Bonchev–Trinajstić information content (AvgIpc) is 2.37. The van der Waals surface area contributed by atoms with Crippen molar-refractivity contribution >= 4 is 63.2 Å². The van der Waals surface area contributed by atoms with Crippen molar-refractivity contribution in [3.8, 4) is 0 Å². The van der Waals surface area contributed by atoms with Gasteiger partial charge in [-0.3, -0.25) is 4.79 Å². The fraction of sp³-hybridized carbons (Fsp3) is 0.0714. The number of nitrogens with one attached hydrogen (secondary N) is 1. The number of carbonyl (C=O) groups is 1. The Labute approximate surface area is 140 Å². The highest BCUT2D eigenvalue weighted by Crippen LogP contribution is 2.28. The molecule has 2 aromatic rings. The lowest BCUT2D eigenvalue weighted by Crippen LogP contribution is -2.14. The number of nitrogens with two attached hydrogens (primary N) is 1. The van der Waals surface area contributed by atoms with Crippen molar-refractivity contribution in [2.24, 2.45) is 0 Å². The first-order chi connectivity index (χ1) is 9.54. The van der Waals surface area contributed by atoms with Crippen molar-refractivity contribution in [3.63, 3.8) is 0 Å². The van der Waals surface area contributed by atoms with Crippen molar-refractivity contribution in [2.75, 3.05) is 16.8 Å². The molecule has 0 bridgehead atoms. The van der Waals surface area contributed by atoms with Crippen LogP contribution in [0.1, 0.15) is 0 Å². The van der Waals surface area contributed by atoms with E-state index in [4.69, 9.17) is 17.3 Å². The van der Waals surface area contributed by atoms with Crippen LogP contribution in [-0.2, 0) is 4.79 Å². The van der Waals surface area contributed by atoms with E-state index in [0.29, 0.717) is 16.5 Å². The van der Waals surface area contributed by atoms with E-state index >= 15 is 0 Å². The molecule has 0 heterocycles. The molecule has 0 aliphatic carbocycles. The van der Waals surface area contributed by atoms with Crippen LogP contribution in [0.3, 0.4) is 0 Å². The summed E-state index contributed by atoms with van der Waals surface area (Å²) in [5.41, 5.74) is 7.04. The van der Waals surface area contributed by atoms with E-state index in [1.165, 1.54) is 11.8 Å². The van der Waals surface area contributed by atoms with E-state index in [0.717, 1.165) is 14.2 Å². The maximum Gasteiger partial charge on any atom is 0.234 e. The zero-order valence-electron chi connectivity index (χ0n) is 10.4. The Balaban J connectivity index is 1.92. The van der Waals surface area contributed by atoms with E-state index in [1.54, 1.807) is 12.1 Å². The summed E-state index contributed by atoms with van der Waals surface area (Å²) >= 11 is 9.65. The molecule has 0 saturated heterocycles. The van der Waals surface area contributed by atoms with Crippen molar-refractivity contribution in [2.45, 2.75) is 4.90 Å². The number of thioether (sulfide) groups is 1. The van der Waals surface area contributed by atoms with Crippen LogP contribution >= 0.6 is 46.0 Å². The molecular weight excluding hydrogens is 407 g/mol. The van der Waals surface area contributed by atoms with Crippen LogP contribution in [0.15, 0.2) is 47.4 Å². The van der Waals surface area contributed by atoms with Crippen molar-refractivity contribution in [1.82, 2.24) is 0 Å². The predicted molar refractivity (Wildman–Crippen MR) is 94.4 cm³/mol. The van der Waals surface area contributed by atoms with Gasteiger partial charge >= 0.3 is 0 Å². The highest BCUT2D eigenvalue weighted by atomic mass is 127. The fourth-order valence-corrected chi connectivity index (χ4v) is 3.16. The van der Waals surface area contributed by atoms with E-state index in [-0.39, 0.29) is 5.91 Å². The fourth-order valence-electron chi connectivity index (χ4n) is 1.54. The molecule has 0 aliphatic rings. The van der Waals surface area contributed by atoms with Gasteiger partial charge in [0.2, 0.25) is 5.91 Å². The Morgan fingerprint density at radius 2 is 2.10 bits per heavy atom. The molecule has 0 saturated carbocycles. The topological polar surface area (TPSA) is 55.1 Å².